The van der Waals surface area contributed by atoms with E-state index in [4.69, 9.17) is 5.11 Å². The van der Waals surface area contributed by atoms with Gasteiger partial charge >= 0.3 is 5.97 Å². The first-order valence-corrected chi connectivity index (χ1v) is 20.1. The minimum Gasteiger partial charge on any atom is -0.481 e. The largest absolute Gasteiger partial charge is 0.481 e. The molecule has 0 unspecified atom stereocenters. The molecule has 0 aromatic heterocycles. The maximum absolute atomic E-state index is 10.5. The molecule has 0 spiro atoms. The third-order valence-electron chi connectivity index (χ3n) is 9.40. The van der Waals surface area contributed by atoms with Crippen molar-refractivity contribution in [2.75, 3.05) is 0 Å². The van der Waals surface area contributed by atoms with Crippen molar-refractivity contribution >= 4 is 5.97 Å². The Morgan fingerprint density at radius 3 is 0.791 bits per heavy atom. The van der Waals surface area contributed by atoms with Gasteiger partial charge in [-0.25, -0.2) is 0 Å². The highest BCUT2D eigenvalue weighted by atomic mass is 16.4. The molecule has 0 saturated heterocycles. The Kier molecular flexibility index (Phi) is 38.5. The maximum Gasteiger partial charge on any atom is 0.303 e. The zero-order valence-corrected chi connectivity index (χ0v) is 29.7. The van der Waals surface area contributed by atoms with Crippen LogP contribution in [0.5, 0.6) is 0 Å². The minimum absolute atomic E-state index is 0.345. The normalized spacial score (nSPS) is 11.7. The first-order valence-electron chi connectivity index (χ1n) is 20.1. The van der Waals surface area contributed by atoms with Gasteiger partial charge in [0.1, 0.15) is 0 Å². The molecule has 0 saturated carbocycles. The number of hydrogen-bond donors (Lipinski definition) is 1. The van der Waals surface area contributed by atoms with Crippen molar-refractivity contribution in [1.29, 1.82) is 0 Å². The van der Waals surface area contributed by atoms with Gasteiger partial charge in [-0.3, -0.25) is 4.79 Å². The van der Waals surface area contributed by atoms with Crippen LogP contribution in [0.3, 0.4) is 0 Å². The van der Waals surface area contributed by atoms with Crippen molar-refractivity contribution in [2.45, 2.75) is 244 Å². The van der Waals surface area contributed by atoms with Gasteiger partial charge in [0.15, 0.2) is 0 Å². The number of hydrogen-bond acceptors (Lipinski definition) is 1. The summed E-state index contributed by atoms with van der Waals surface area (Å²) < 4.78 is 0. The number of aliphatic carboxylic acids is 1. The van der Waals surface area contributed by atoms with Crippen LogP contribution >= 0.6 is 0 Å². The van der Waals surface area contributed by atoms with E-state index < -0.39 is 5.97 Å². The number of carboxylic acid groups (broad SMARTS) is 1. The molecule has 0 bridgehead atoms. The fraction of sp³-hybridized carbons (Fsp3) is 0.927. The van der Waals surface area contributed by atoms with Crippen LogP contribution in [0.2, 0.25) is 0 Å². The van der Waals surface area contributed by atoms with E-state index >= 15 is 0 Å². The highest BCUT2D eigenvalue weighted by Crippen LogP contribution is 2.16. The summed E-state index contributed by atoms with van der Waals surface area (Å²) in [5.41, 5.74) is 0. The van der Waals surface area contributed by atoms with Gasteiger partial charge in [0.05, 0.1) is 0 Å². The molecule has 0 aromatic rings. The molecule has 0 atom stereocenters. The van der Waals surface area contributed by atoms with Crippen LogP contribution in [0.25, 0.3) is 0 Å². The Morgan fingerprint density at radius 2 is 0.558 bits per heavy atom. The number of unbranched alkanes of at least 4 members (excludes halogenated alkanes) is 34. The van der Waals surface area contributed by atoms with Gasteiger partial charge < -0.3 is 5.11 Å². The van der Waals surface area contributed by atoms with Gasteiger partial charge in [-0.2, -0.15) is 0 Å². The second-order valence-electron chi connectivity index (χ2n) is 13.9. The highest BCUT2D eigenvalue weighted by molar-refractivity contribution is 5.66. The zero-order chi connectivity index (χ0) is 31.2. The number of carbonyl (C=O) groups is 1. The van der Waals surface area contributed by atoms with E-state index in [-0.39, 0.29) is 0 Å². The third-order valence-corrected chi connectivity index (χ3v) is 9.40. The molecule has 0 radical (unpaired) electrons. The summed E-state index contributed by atoms with van der Waals surface area (Å²) in [6.45, 7) is 2.30. The van der Waals surface area contributed by atoms with E-state index in [1.807, 2.05) is 0 Å². The SMILES string of the molecule is CCCCCCCCCCCCC/C=C/CCCCCCCCCCCCCCCCCCCCCCCCCC(=O)O. The van der Waals surface area contributed by atoms with Gasteiger partial charge in [-0.05, 0) is 32.1 Å². The van der Waals surface area contributed by atoms with Gasteiger partial charge in [0.25, 0.3) is 0 Å². The standard InChI is InChI=1S/C41H80O2/c1-2-3-4-5-6-7-8-9-10-11-12-13-14-15-16-17-18-19-20-21-22-23-24-25-26-27-28-29-30-31-32-33-34-35-36-37-38-39-40-41(42)43/h14-15H,2-13,16-40H2,1H3,(H,42,43)/b15-14+. The summed E-state index contributed by atoms with van der Waals surface area (Å²) in [5.74, 6) is -0.648. The van der Waals surface area contributed by atoms with E-state index in [0.717, 1.165) is 12.8 Å². The predicted molar refractivity (Wildman–Crippen MR) is 193 cm³/mol. The van der Waals surface area contributed by atoms with Crippen molar-refractivity contribution in [3.05, 3.63) is 12.2 Å². The fourth-order valence-corrected chi connectivity index (χ4v) is 6.41. The van der Waals surface area contributed by atoms with Gasteiger partial charge in [-0.15, -0.1) is 0 Å². The summed E-state index contributed by atoms with van der Waals surface area (Å²) >= 11 is 0. The second-order valence-corrected chi connectivity index (χ2v) is 13.9. The minimum atomic E-state index is -0.648. The van der Waals surface area contributed by atoms with E-state index in [1.165, 1.54) is 218 Å². The molecule has 256 valence electrons. The molecule has 0 aliphatic rings. The lowest BCUT2D eigenvalue weighted by molar-refractivity contribution is -0.137. The summed E-state index contributed by atoms with van der Waals surface area (Å²) in [4.78, 5) is 10.5. The quantitative estimate of drug-likeness (QED) is 0.0562. The summed E-state index contributed by atoms with van der Waals surface area (Å²) in [6.07, 6.45) is 55.4. The van der Waals surface area contributed by atoms with Crippen LogP contribution in [0, 0.1) is 0 Å². The number of carboxylic acids is 1. The molecule has 43 heavy (non-hydrogen) atoms. The first-order chi connectivity index (χ1) is 21.3. The van der Waals surface area contributed by atoms with Crippen molar-refractivity contribution in [2.24, 2.45) is 0 Å². The Hall–Kier alpha value is -0.790. The Morgan fingerprint density at radius 1 is 0.349 bits per heavy atom. The van der Waals surface area contributed by atoms with E-state index in [1.54, 1.807) is 0 Å². The molecule has 0 heterocycles. The molecule has 1 N–H and O–H groups in total. The average Bonchev–Trinajstić information content (AvgIpc) is 3.00. The first kappa shape index (κ1) is 42.2. The van der Waals surface area contributed by atoms with Crippen molar-refractivity contribution < 1.29 is 9.90 Å². The molecular formula is C41H80O2. The average molecular weight is 605 g/mol. The van der Waals surface area contributed by atoms with Crippen molar-refractivity contribution in [3.8, 4) is 0 Å². The Labute approximate surface area is 272 Å². The van der Waals surface area contributed by atoms with Crippen LogP contribution in [0.15, 0.2) is 12.2 Å². The fourth-order valence-electron chi connectivity index (χ4n) is 6.41. The van der Waals surface area contributed by atoms with Crippen molar-refractivity contribution in [3.63, 3.8) is 0 Å². The molecule has 2 nitrogen and oxygen atoms in total. The predicted octanol–water partition coefficient (Wildman–Crippen LogP) is 15.1. The molecular weight excluding hydrogens is 524 g/mol. The highest BCUT2D eigenvalue weighted by Gasteiger charge is 1.98. The van der Waals surface area contributed by atoms with Crippen LogP contribution in [0.1, 0.15) is 244 Å². The second kappa shape index (κ2) is 39.2. The van der Waals surface area contributed by atoms with Crippen LogP contribution in [-0.2, 0) is 4.79 Å². The maximum atomic E-state index is 10.5. The monoisotopic (exact) mass is 605 g/mol. The van der Waals surface area contributed by atoms with Gasteiger partial charge in [-0.1, -0.05) is 218 Å². The summed E-state index contributed by atoms with van der Waals surface area (Å²) in [5, 5.41) is 8.64. The molecule has 0 aromatic carbocycles. The molecule has 0 rings (SSSR count). The molecule has 0 fully saturated rings. The summed E-state index contributed by atoms with van der Waals surface area (Å²) in [7, 11) is 0. The molecule has 0 aliphatic heterocycles. The number of allylic oxidation sites excluding steroid dienone is 2. The lowest BCUT2D eigenvalue weighted by atomic mass is 10.0. The van der Waals surface area contributed by atoms with Crippen molar-refractivity contribution in [1.82, 2.24) is 0 Å². The lowest BCUT2D eigenvalue weighted by Crippen LogP contribution is -1.93. The van der Waals surface area contributed by atoms with Crippen LogP contribution < -0.4 is 0 Å². The lowest BCUT2D eigenvalue weighted by Gasteiger charge is -2.04. The summed E-state index contributed by atoms with van der Waals surface area (Å²) in [6, 6.07) is 0. The topological polar surface area (TPSA) is 37.3 Å². The van der Waals surface area contributed by atoms with E-state index in [0.29, 0.717) is 6.42 Å². The zero-order valence-electron chi connectivity index (χ0n) is 29.7. The molecule has 0 aliphatic carbocycles. The molecule has 0 amide bonds. The Bertz CT molecular complexity index is 540. The van der Waals surface area contributed by atoms with E-state index in [2.05, 4.69) is 19.1 Å². The van der Waals surface area contributed by atoms with Crippen LogP contribution in [-0.4, -0.2) is 11.1 Å². The van der Waals surface area contributed by atoms with Gasteiger partial charge in [0, 0.05) is 6.42 Å². The third kappa shape index (κ3) is 41.2. The Balaban J connectivity index is 3.08. The smallest absolute Gasteiger partial charge is 0.303 e. The van der Waals surface area contributed by atoms with Crippen LogP contribution in [0.4, 0.5) is 0 Å². The van der Waals surface area contributed by atoms with Gasteiger partial charge in [0.2, 0.25) is 0 Å². The number of rotatable bonds is 38. The molecule has 2 heteroatoms. The van der Waals surface area contributed by atoms with E-state index in [9.17, 15) is 4.79 Å².